The van der Waals surface area contributed by atoms with Gasteiger partial charge in [0, 0.05) is 39.1 Å². The highest BCUT2D eigenvalue weighted by molar-refractivity contribution is 6.16. The maximum absolute atomic E-state index is 2.42. The Hall–Kier alpha value is -6.38. The Balaban J connectivity index is 1.20. The van der Waals surface area contributed by atoms with E-state index in [0.29, 0.717) is 0 Å². The van der Waals surface area contributed by atoms with Crippen molar-refractivity contribution in [2.45, 2.75) is 0 Å². The molecule has 0 aliphatic heterocycles. The van der Waals surface area contributed by atoms with Crippen LogP contribution in [0.4, 0.5) is 17.1 Å². The van der Waals surface area contributed by atoms with Gasteiger partial charge in [-0.25, -0.2) is 0 Å². The number of aromatic nitrogens is 1. The Labute approximate surface area is 280 Å². The molecule has 0 aliphatic rings. The minimum absolute atomic E-state index is 1.12. The number of hydrogen-bond donors (Lipinski definition) is 0. The summed E-state index contributed by atoms with van der Waals surface area (Å²) in [6.07, 6.45) is 0. The number of fused-ring (bicyclic) bond motifs is 4. The Bertz CT molecular complexity index is 2490. The number of benzene rings is 8. The first-order valence-electron chi connectivity index (χ1n) is 16.5. The monoisotopic (exact) mass is 612 g/mol. The zero-order valence-electron chi connectivity index (χ0n) is 26.4. The summed E-state index contributed by atoms with van der Waals surface area (Å²) in [4.78, 5) is 2.30. The van der Waals surface area contributed by atoms with Crippen LogP contribution in [0, 0.1) is 0 Å². The van der Waals surface area contributed by atoms with Gasteiger partial charge in [0.2, 0.25) is 0 Å². The largest absolute Gasteiger partial charge is 0.311 e. The van der Waals surface area contributed by atoms with Crippen LogP contribution < -0.4 is 4.90 Å². The zero-order chi connectivity index (χ0) is 31.9. The molecule has 0 N–H and O–H groups in total. The van der Waals surface area contributed by atoms with E-state index in [1.807, 2.05) is 0 Å². The first kappa shape index (κ1) is 27.9. The molecule has 0 radical (unpaired) electrons. The summed E-state index contributed by atoms with van der Waals surface area (Å²) >= 11 is 0. The van der Waals surface area contributed by atoms with Gasteiger partial charge >= 0.3 is 0 Å². The molecule has 8 aromatic carbocycles. The number of para-hydroxylation sites is 5. The number of nitrogens with zero attached hydrogens (tertiary/aromatic N) is 2. The lowest BCUT2D eigenvalue weighted by Gasteiger charge is -2.25. The molecular weight excluding hydrogens is 581 g/mol. The van der Waals surface area contributed by atoms with Crippen molar-refractivity contribution < 1.29 is 0 Å². The molecule has 0 fully saturated rings. The van der Waals surface area contributed by atoms with Crippen LogP contribution in [-0.2, 0) is 0 Å². The molecule has 0 bridgehead atoms. The average Bonchev–Trinajstić information content (AvgIpc) is 3.51. The molecule has 0 amide bonds. The second-order valence-electron chi connectivity index (χ2n) is 12.1. The fraction of sp³-hybridized carbons (Fsp3) is 0. The molecule has 1 aromatic heterocycles. The van der Waals surface area contributed by atoms with E-state index in [-0.39, 0.29) is 0 Å². The van der Waals surface area contributed by atoms with Crippen molar-refractivity contribution >= 4 is 49.6 Å². The number of hydrogen-bond acceptors (Lipinski definition) is 1. The van der Waals surface area contributed by atoms with Crippen molar-refractivity contribution in [1.29, 1.82) is 0 Å². The minimum atomic E-state index is 1.12. The van der Waals surface area contributed by atoms with Crippen LogP contribution in [0.2, 0.25) is 0 Å². The van der Waals surface area contributed by atoms with Crippen LogP contribution >= 0.6 is 0 Å². The Morgan fingerprint density at radius 2 is 0.812 bits per heavy atom. The van der Waals surface area contributed by atoms with Gasteiger partial charge in [0.1, 0.15) is 0 Å². The number of rotatable bonds is 6. The van der Waals surface area contributed by atoms with Gasteiger partial charge in [0.25, 0.3) is 0 Å². The molecule has 9 aromatic rings. The summed E-state index contributed by atoms with van der Waals surface area (Å²) in [5.74, 6) is 0. The molecule has 1 heterocycles. The quantitative estimate of drug-likeness (QED) is 0.181. The lowest BCUT2D eigenvalue weighted by atomic mass is 9.91. The third-order valence-electron chi connectivity index (χ3n) is 9.39. The van der Waals surface area contributed by atoms with Gasteiger partial charge in [0.15, 0.2) is 0 Å². The zero-order valence-corrected chi connectivity index (χ0v) is 26.4. The van der Waals surface area contributed by atoms with Crippen molar-refractivity contribution in [3.63, 3.8) is 0 Å². The molecule has 0 atom stereocenters. The standard InChI is InChI=1S/C46H32N2/c1-4-15-34(16-5-1)47(35-17-6-2-7-18-35)37-29-27-33(28-30-37)38-31-32-41(40-22-11-10-21-39(38)40)43-24-14-25-44-42-23-12-13-26-45(42)48(46(43)44)36-19-8-3-9-20-36/h1-32H. The Morgan fingerprint density at radius 1 is 0.312 bits per heavy atom. The average molecular weight is 613 g/mol. The fourth-order valence-electron chi connectivity index (χ4n) is 7.26. The molecule has 0 spiro atoms. The molecule has 0 unspecified atom stereocenters. The van der Waals surface area contributed by atoms with E-state index >= 15 is 0 Å². The highest BCUT2D eigenvalue weighted by Gasteiger charge is 2.19. The van der Waals surface area contributed by atoms with E-state index in [0.717, 1.165) is 22.7 Å². The highest BCUT2D eigenvalue weighted by Crippen LogP contribution is 2.43. The molecule has 9 rings (SSSR count). The second kappa shape index (κ2) is 11.8. The lowest BCUT2D eigenvalue weighted by molar-refractivity contribution is 1.18. The summed E-state index contributed by atoms with van der Waals surface area (Å²) < 4.78 is 2.42. The first-order valence-corrected chi connectivity index (χ1v) is 16.5. The second-order valence-corrected chi connectivity index (χ2v) is 12.1. The predicted molar refractivity (Wildman–Crippen MR) is 204 cm³/mol. The van der Waals surface area contributed by atoms with Gasteiger partial charge in [-0.15, -0.1) is 0 Å². The first-order chi connectivity index (χ1) is 23.8. The van der Waals surface area contributed by atoms with Crippen LogP contribution in [-0.4, -0.2) is 4.57 Å². The van der Waals surface area contributed by atoms with Gasteiger partial charge in [-0.2, -0.15) is 0 Å². The SMILES string of the molecule is c1ccc(N(c2ccccc2)c2ccc(-c3ccc(-c4cccc5c6ccccc6n(-c6ccccc6)c45)c4ccccc34)cc2)cc1. The van der Waals surface area contributed by atoms with Crippen LogP contribution in [0.5, 0.6) is 0 Å². The molecule has 226 valence electrons. The van der Waals surface area contributed by atoms with Gasteiger partial charge < -0.3 is 9.47 Å². The number of anilines is 3. The van der Waals surface area contributed by atoms with E-state index in [4.69, 9.17) is 0 Å². The maximum Gasteiger partial charge on any atom is 0.0619 e. The molecule has 2 nitrogen and oxygen atoms in total. The summed E-state index contributed by atoms with van der Waals surface area (Å²) in [6, 6.07) is 69.7. The van der Waals surface area contributed by atoms with Crippen molar-refractivity contribution in [3.05, 3.63) is 194 Å². The molecular formula is C46H32N2. The van der Waals surface area contributed by atoms with Crippen LogP contribution in [0.1, 0.15) is 0 Å². The fourth-order valence-corrected chi connectivity index (χ4v) is 7.26. The predicted octanol–water partition coefficient (Wildman–Crippen LogP) is 12.7. The minimum Gasteiger partial charge on any atom is -0.311 e. The van der Waals surface area contributed by atoms with E-state index < -0.39 is 0 Å². The normalized spacial score (nSPS) is 11.3. The van der Waals surface area contributed by atoms with E-state index in [1.54, 1.807) is 0 Å². The maximum atomic E-state index is 2.42. The summed E-state index contributed by atoms with van der Waals surface area (Å²) in [7, 11) is 0. The molecule has 0 saturated heterocycles. The Morgan fingerprint density at radius 3 is 1.48 bits per heavy atom. The van der Waals surface area contributed by atoms with Crippen molar-refractivity contribution in [1.82, 2.24) is 4.57 Å². The van der Waals surface area contributed by atoms with E-state index in [2.05, 4.69) is 204 Å². The third-order valence-corrected chi connectivity index (χ3v) is 9.39. The van der Waals surface area contributed by atoms with Gasteiger partial charge in [-0.1, -0.05) is 140 Å². The molecule has 48 heavy (non-hydrogen) atoms. The summed E-state index contributed by atoms with van der Waals surface area (Å²) in [5.41, 5.74) is 11.9. The van der Waals surface area contributed by atoms with E-state index in [9.17, 15) is 0 Å². The van der Waals surface area contributed by atoms with E-state index in [1.165, 1.54) is 54.8 Å². The van der Waals surface area contributed by atoms with Gasteiger partial charge in [-0.3, -0.25) is 0 Å². The smallest absolute Gasteiger partial charge is 0.0619 e. The van der Waals surface area contributed by atoms with Crippen LogP contribution in [0.3, 0.4) is 0 Å². The summed E-state index contributed by atoms with van der Waals surface area (Å²) in [6.45, 7) is 0. The highest BCUT2D eigenvalue weighted by atomic mass is 15.1. The molecule has 2 heteroatoms. The molecule has 0 saturated carbocycles. The van der Waals surface area contributed by atoms with Crippen molar-refractivity contribution in [2.75, 3.05) is 4.90 Å². The van der Waals surface area contributed by atoms with Gasteiger partial charge in [-0.05, 0) is 82.1 Å². The third kappa shape index (κ3) is 4.66. The van der Waals surface area contributed by atoms with Crippen LogP contribution in [0.15, 0.2) is 194 Å². The van der Waals surface area contributed by atoms with Gasteiger partial charge in [0.05, 0.1) is 11.0 Å². The molecule has 0 aliphatic carbocycles. The van der Waals surface area contributed by atoms with Crippen molar-refractivity contribution in [3.8, 4) is 27.9 Å². The van der Waals surface area contributed by atoms with Crippen LogP contribution in [0.25, 0.3) is 60.5 Å². The topological polar surface area (TPSA) is 8.17 Å². The lowest BCUT2D eigenvalue weighted by Crippen LogP contribution is -2.09. The Kier molecular flexibility index (Phi) is 6.84. The van der Waals surface area contributed by atoms with Crippen molar-refractivity contribution in [2.24, 2.45) is 0 Å². The summed E-state index contributed by atoms with van der Waals surface area (Å²) in [5, 5.41) is 5.01.